The van der Waals surface area contributed by atoms with Crippen LogP contribution in [0.15, 0.2) is 18.2 Å². The number of fused-ring (bicyclic) bond motifs is 1. The van der Waals surface area contributed by atoms with Crippen molar-refractivity contribution in [1.29, 1.82) is 0 Å². The molecule has 0 aliphatic carbocycles. The van der Waals surface area contributed by atoms with Crippen molar-refractivity contribution in [3.8, 4) is 5.75 Å². The second kappa shape index (κ2) is 2.96. The Morgan fingerprint density at radius 2 is 2.33 bits per heavy atom. The lowest BCUT2D eigenvalue weighted by Crippen LogP contribution is -2.13. The second-order valence-electron chi connectivity index (χ2n) is 2.80. The van der Waals surface area contributed by atoms with Crippen LogP contribution in [-0.2, 0) is 0 Å². The van der Waals surface area contributed by atoms with E-state index in [2.05, 4.69) is 0 Å². The summed E-state index contributed by atoms with van der Waals surface area (Å²) in [7, 11) is 0. The third-order valence-electron chi connectivity index (χ3n) is 1.99. The van der Waals surface area contributed by atoms with E-state index in [9.17, 15) is 5.11 Å². The van der Waals surface area contributed by atoms with E-state index in [1.165, 1.54) is 0 Å². The van der Waals surface area contributed by atoms with Crippen LogP contribution in [0.1, 0.15) is 18.1 Å². The molecular weight excluding hydrogens is 176 g/mol. The van der Waals surface area contributed by atoms with Gasteiger partial charge in [-0.25, -0.2) is 0 Å². The van der Waals surface area contributed by atoms with Gasteiger partial charge in [0.1, 0.15) is 5.75 Å². The highest BCUT2D eigenvalue weighted by atomic mass is 35.5. The number of halogens is 1. The summed E-state index contributed by atoms with van der Waals surface area (Å²) in [6.07, 6.45) is 0.152. The van der Waals surface area contributed by atoms with E-state index < -0.39 is 6.10 Å². The van der Waals surface area contributed by atoms with Crippen LogP contribution < -0.4 is 4.74 Å². The Balaban J connectivity index is 2.53. The van der Waals surface area contributed by atoms with E-state index in [4.69, 9.17) is 16.3 Å². The Kier molecular flexibility index (Phi) is 1.95. The van der Waals surface area contributed by atoms with E-state index in [1.807, 2.05) is 12.1 Å². The molecule has 1 N–H and O–H groups in total. The summed E-state index contributed by atoms with van der Waals surface area (Å²) in [5, 5.41) is 10.2. The average molecular weight is 185 g/mol. The molecule has 1 atom stereocenters. The molecule has 64 valence electrons. The van der Waals surface area contributed by atoms with Crippen LogP contribution in [0.2, 0.25) is 5.02 Å². The van der Waals surface area contributed by atoms with Gasteiger partial charge in [0.05, 0.1) is 17.7 Å². The molecule has 0 radical (unpaired) electrons. The number of ether oxygens (including phenoxy) is 1. The maximum atomic E-state index is 9.58. The number of benzene rings is 1. The summed E-state index contributed by atoms with van der Waals surface area (Å²) < 4.78 is 5.33. The van der Waals surface area contributed by atoms with Crippen LogP contribution in [0.25, 0.3) is 0 Å². The summed E-state index contributed by atoms with van der Waals surface area (Å²) in [6.45, 7) is 0.564. The maximum Gasteiger partial charge on any atom is 0.126 e. The van der Waals surface area contributed by atoms with Crippen molar-refractivity contribution >= 4 is 11.6 Å². The molecule has 1 aliphatic heterocycles. The van der Waals surface area contributed by atoms with Gasteiger partial charge in [-0.15, -0.1) is 0 Å². The molecule has 0 saturated carbocycles. The number of aliphatic hydroxyl groups is 1. The van der Waals surface area contributed by atoms with Crippen molar-refractivity contribution in [2.24, 2.45) is 0 Å². The summed E-state index contributed by atoms with van der Waals surface area (Å²) in [4.78, 5) is 0. The number of hydrogen-bond acceptors (Lipinski definition) is 2. The zero-order valence-corrected chi connectivity index (χ0v) is 7.21. The smallest absolute Gasteiger partial charge is 0.126 e. The minimum Gasteiger partial charge on any atom is -0.493 e. The van der Waals surface area contributed by atoms with Crippen molar-refractivity contribution in [2.75, 3.05) is 6.61 Å². The SMILES string of the molecule is O[C@H]1CCOc2cccc(Cl)c21. The van der Waals surface area contributed by atoms with Crippen molar-refractivity contribution < 1.29 is 9.84 Å². The lowest BCUT2D eigenvalue weighted by atomic mass is 10.0. The van der Waals surface area contributed by atoms with Gasteiger partial charge in [0.15, 0.2) is 0 Å². The van der Waals surface area contributed by atoms with Gasteiger partial charge in [0.25, 0.3) is 0 Å². The van der Waals surface area contributed by atoms with Crippen LogP contribution in [0.4, 0.5) is 0 Å². The van der Waals surface area contributed by atoms with Gasteiger partial charge < -0.3 is 9.84 Å². The van der Waals surface area contributed by atoms with Crippen LogP contribution in [0, 0.1) is 0 Å². The minimum atomic E-state index is -0.470. The summed E-state index contributed by atoms with van der Waals surface area (Å²) in [5.41, 5.74) is 0.727. The molecule has 0 bridgehead atoms. The predicted molar refractivity (Wildman–Crippen MR) is 46.5 cm³/mol. The fraction of sp³-hybridized carbons (Fsp3) is 0.333. The van der Waals surface area contributed by atoms with Gasteiger partial charge >= 0.3 is 0 Å². The van der Waals surface area contributed by atoms with Gasteiger partial charge in [-0.2, -0.15) is 0 Å². The lowest BCUT2D eigenvalue weighted by Gasteiger charge is -2.22. The van der Waals surface area contributed by atoms with Crippen molar-refractivity contribution in [2.45, 2.75) is 12.5 Å². The van der Waals surface area contributed by atoms with Gasteiger partial charge in [0, 0.05) is 12.0 Å². The molecule has 0 saturated heterocycles. The van der Waals surface area contributed by atoms with Gasteiger partial charge in [-0.1, -0.05) is 17.7 Å². The zero-order chi connectivity index (χ0) is 8.55. The topological polar surface area (TPSA) is 29.5 Å². The average Bonchev–Trinajstić information content (AvgIpc) is 2.04. The van der Waals surface area contributed by atoms with Gasteiger partial charge in [0.2, 0.25) is 0 Å². The fourth-order valence-electron chi connectivity index (χ4n) is 1.39. The molecule has 0 unspecified atom stereocenters. The summed E-state index contributed by atoms with van der Waals surface area (Å²) in [6, 6.07) is 5.40. The highest BCUT2D eigenvalue weighted by molar-refractivity contribution is 6.31. The molecule has 1 aromatic carbocycles. The minimum absolute atomic E-state index is 0.470. The molecule has 2 nitrogen and oxygen atoms in total. The number of rotatable bonds is 0. The number of aliphatic hydroxyl groups excluding tert-OH is 1. The Hall–Kier alpha value is -0.730. The van der Waals surface area contributed by atoms with Crippen molar-refractivity contribution in [1.82, 2.24) is 0 Å². The highest BCUT2D eigenvalue weighted by Gasteiger charge is 2.21. The first kappa shape index (κ1) is 7.90. The Morgan fingerprint density at radius 3 is 3.08 bits per heavy atom. The fourth-order valence-corrected chi connectivity index (χ4v) is 1.68. The second-order valence-corrected chi connectivity index (χ2v) is 3.21. The molecule has 0 spiro atoms. The van der Waals surface area contributed by atoms with Crippen LogP contribution in [0.3, 0.4) is 0 Å². The van der Waals surface area contributed by atoms with E-state index in [0.29, 0.717) is 23.8 Å². The summed E-state index contributed by atoms with van der Waals surface area (Å²) in [5.74, 6) is 0.709. The molecule has 1 aromatic rings. The van der Waals surface area contributed by atoms with E-state index in [1.54, 1.807) is 6.07 Å². The van der Waals surface area contributed by atoms with E-state index in [-0.39, 0.29) is 0 Å². The van der Waals surface area contributed by atoms with Gasteiger partial charge in [-0.05, 0) is 12.1 Å². The maximum absolute atomic E-state index is 9.58. The van der Waals surface area contributed by atoms with Crippen molar-refractivity contribution in [3.05, 3.63) is 28.8 Å². The Bertz CT molecular complexity index is 299. The first-order chi connectivity index (χ1) is 5.79. The third kappa shape index (κ3) is 1.17. The van der Waals surface area contributed by atoms with E-state index >= 15 is 0 Å². The normalized spacial score (nSPS) is 21.3. The molecule has 12 heavy (non-hydrogen) atoms. The lowest BCUT2D eigenvalue weighted by molar-refractivity contribution is 0.115. The van der Waals surface area contributed by atoms with Crippen LogP contribution >= 0.6 is 11.6 Å². The summed E-state index contributed by atoms with van der Waals surface area (Å²) >= 11 is 5.90. The Labute approximate surface area is 75.7 Å². The molecule has 1 aliphatic rings. The molecule has 0 amide bonds. The monoisotopic (exact) mass is 184 g/mol. The zero-order valence-electron chi connectivity index (χ0n) is 6.46. The molecule has 2 rings (SSSR count). The van der Waals surface area contributed by atoms with E-state index in [0.717, 1.165) is 5.56 Å². The van der Waals surface area contributed by atoms with Crippen LogP contribution in [-0.4, -0.2) is 11.7 Å². The predicted octanol–water partition coefficient (Wildman–Crippen LogP) is 2.16. The molecule has 0 aromatic heterocycles. The first-order valence-electron chi connectivity index (χ1n) is 3.88. The molecule has 1 heterocycles. The van der Waals surface area contributed by atoms with Crippen molar-refractivity contribution in [3.63, 3.8) is 0 Å². The molecule has 3 heteroatoms. The quantitative estimate of drug-likeness (QED) is 0.670. The Morgan fingerprint density at radius 1 is 1.50 bits per heavy atom. The molecule has 0 fully saturated rings. The third-order valence-corrected chi connectivity index (χ3v) is 2.32. The highest BCUT2D eigenvalue weighted by Crippen LogP contribution is 2.36. The number of hydrogen-bond donors (Lipinski definition) is 1. The van der Waals surface area contributed by atoms with Gasteiger partial charge in [-0.3, -0.25) is 0 Å². The largest absolute Gasteiger partial charge is 0.493 e. The molecular formula is C9H9ClO2. The van der Waals surface area contributed by atoms with Crippen LogP contribution in [0.5, 0.6) is 5.75 Å². The first-order valence-corrected chi connectivity index (χ1v) is 4.26. The standard InChI is InChI=1S/C9H9ClO2/c10-6-2-1-3-8-9(6)7(11)4-5-12-8/h1-3,7,11H,4-5H2/t7-/m0/s1.